The fraction of sp³-hybridized carbons (Fsp3) is 0.409. The minimum absolute atomic E-state index is 0.0638. The highest BCUT2D eigenvalue weighted by molar-refractivity contribution is 7.99. The van der Waals surface area contributed by atoms with Crippen LogP contribution < -0.4 is 0 Å². The lowest BCUT2D eigenvalue weighted by atomic mass is 9.97. The molecule has 0 aromatic heterocycles. The third kappa shape index (κ3) is 4.37. The molecule has 0 saturated carbocycles. The number of benzene rings is 2. The largest absolute Gasteiger partial charge is 0.481 e. The molecular formula is C22H25NO3S. The summed E-state index contributed by atoms with van der Waals surface area (Å²) in [6.07, 6.45) is 2.44. The first kappa shape index (κ1) is 18.5. The molecule has 142 valence electrons. The van der Waals surface area contributed by atoms with Gasteiger partial charge in [0.15, 0.2) is 0 Å². The summed E-state index contributed by atoms with van der Waals surface area (Å²) >= 11 is 1.83. The van der Waals surface area contributed by atoms with Crippen LogP contribution in [0.25, 0.3) is 0 Å². The second-order valence-electron chi connectivity index (χ2n) is 7.27. The zero-order valence-corrected chi connectivity index (χ0v) is 16.2. The minimum Gasteiger partial charge on any atom is -0.481 e. The summed E-state index contributed by atoms with van der Waals surface area (Å²) in [6, 6.07) is 17.1. The van der Waals surface area contributed by atoms with Crippen molar-refractivity contribution in [1.29, 1.82) is 0 Å². The molecule has 1 unspecified atom stereocenters. The van der Waals surface area contributed by atoms with Gasteiger partial charge in [0.05, 0.1) is 18.6 Å². The van der Waals surface area contributed by atoms with Crippen LogP contribution >= 0.6 is 11.8 Å². The summed E-state index contributed by atoms with van der Waals surface area (Å²) in [4.78, 5) is 16.0. The standard InChI is InChI=1S/C22H25NO3S/c24-22(25)16-9-11-23(12-10-16)13-14-26-19-15-17-5-1-3-7-20(17)27-21-8-4-2-6-18(19)21/h1-8,16,19H,9-15H2,(H,24,25). The van der Waals surface area contributed by atoms with Crippen molar-refractivity contribution in [1.82, 2.24) is 4.90 Å². The quantitative estimate of drug-likeness (QED) is 0.837. The average molecular weight is 384 g/mol. The van der Waals surface area contributed by atoms with E-state index in [2.05, 4.69) is 53.4 Å². The maximum absolute atomic E-state index is 11.1. The average Bonchev–Trinajstić information content (AvgIpc) is 2.85. The number of fused-ring (bicyclic) bond motifs is 2. The monoisotopic (exact) mass is 383 g/mol. The number of carbonyl (C=O) groups is 1. The van der Waals surface area contributed by atoms with Gasteiger partial charge in [-0.05, 0) is 49.2 Å². The van der Waals surface area contributed by atoms with E-state index in [1.165, 1.54) is 20.9 Å². The van der Waals surface area contributed by atoms with Crippen molar-refractivity contribution < 1.29 is 14.6 Å². The molecule has 1 atom stereocenters. The van der Waals surface area contributed by atoms with E-state index in [-0.39, 0.29) is 12.0 Å². The summed E-state index contributed by atoms with van der Waals surface area (Å²) in [7, 11) is 0. The minimum atomic E-state index is -0.655. The van der Waals surface area contributed by atoms with Crippen LogP contribution in [-0.2, 0) is 16.0 Å². The van der Waals surface area contributed by atoms with Gasteiger partial charge in [-0.2, -0.15) is 0 Å². The Bertz CT molecular complexity index is 802. The molecule has 2 aliphatic heterocycles. The van der Waals surface area contributed by atoms with Gasteiger partial charge in [-0.3, -0.25) is 4.79 Å². The number of piperidine rings is 1. The van der Waals surface area contributed by atoms with Crippen LogP contribution in [0, 0.1) is 5.92 Å². The first-order chi connectivity index (χ1) is 13.2. The number of ether oxygens (including phenoxy) is 1. The van der Waals surface area contributed by atoms with Gasteiger partial charge in [0.2, 0.25) is 0 Å². The number of hydrogen-bond donors (Lipinski definition) is 1. The third-order valence-electron chi connectivity index (χ3n) is 5.53. The highest BCUT2D eigenvalue weighted by Gasteiger charge is 2.25. The molecule has 2 aromatic carbocycles. The summed E-state index contributed by atoms with van der Waals surface area (Å²) in [5.74, 6) is -0.832. The van der Waals surface area contributed by atoms with E-state index >= 15 is 0 Å². The van der Waals surface area contributed by atoms with E-state index in [9.17, 15) is 4.79 Å². The Hall–Kier alpha value is -1.82. The van der Waals surface area contributed by atoms with Crippen LogP contribution in [0.1, 0.15) is 30.1 Å². The van der Waals surface area contributed by atoms with Gasteiger partial charge in [0.1, 0.15) is 0 Å². The molecular weight excluding hydrogens is 358 g/mol. The van der Waals surface area contributed by atoms with Gasteiger partial charge in [0.25, 0.3) is 0 Å². The lowest BCUT2D eigenvalue weighted by Crippen LogP contribution is -2.38. The van der Waals surface area contributed by atoms with Gasteiger partial charge in [-0.15, -0.1) is 0 Å². The molecule has 4 rings (SSSR count). The number of carboxylic acids is 1. The lowest BCUT2D eigenvalue weighted by Gasteiger charge is -2.30. The fourth-order valence-corrected chi connectivity index (χ4v) is 5.05. The van der Waals surface area contributed by atoms with Gasteiger partial charge in [-0.1, -0.05) is 48.2 Å². The Balaban J connectivity index is 1.39. The molecule has 2 heterocycles. The zero-order chi connectivity index (χ0) is 18.6. The SMILES string of the molecule is O=C(O)C1CCN(CCOC2Cc3ccccc3Sc3ccccc32)CC1. The van der Waals surface area contributed by atoms with E-state index in [1.54, 1.807) is 0 Å². The number of rotatable bonds is 5. The normalized spacial score (nSPS) is 20.5. The van der Waals surface area contributed by atoms with Gasteiger partial charge in [0, 0.05) is 22.8 Å². The zero-order valence-electron chi connectivity index (χ0n) is 15.3. The van der Waals surface area contributed by atoms with Crippen molar-refractivity contribution >= 4 is 17.7 Å². The summed E-state index contributed by atoms with van der Waals surface area (Å²) in [5, 5.41) is 9.13. The Morgan fingerprint density at radius 1 is 1.07 bits per heavy atom. The van der Waals surface area contributed by atoms with Crippen LogP contribution in [0.3, 0.4) is 0 Å². The first-order valence-corrected chi connectivity index (χ1v) is 10.4. The van der Waals surface area contributed by atoms with Crippen molar-refractivity contribution in [3.63, 3.8) is 0 Å². The van der Waals surface area contributed by atoms with E-state index in [0.717, 1.165) is 38.9 Å². The molecule has 0 radical (unpaired) electrons. The molecule has 0 spiro atoms. The van der Waals surface area contributed by atoms with Crippen LogP contribution in [-0.4, -0.2) is 42.2 Å². The fourth-order valence-electron chi connectivity index (χ4n) is 3.92. The summed E-state index contributed by atoms with van der Waals surface area (Å²) in [5.41, 5.74) is 2.61. The molecule has 0 aliphatic carbocycles. The molecule has 0 bridgehead atoms. The van der Waals surface area contributed by atoms with Gasteiger partial charge in [-0.25, -0.2) is 0 Å². The Kier molecular flexibility index (Phi) is 5.81. The van der Waals surface area contributed by atoms with Crippen molar-refractivity contribution in [3.05, 3.63) is 59.7 Å². The first-order valence-electron chi connectivity index (χ1n) is 9.62. The predicted molar refractivity (Wildman–Crippen MR) is 106 cm³/mol. The Labute approximate surface area is 164 Å². The molecule has 1 saturated heterocycles. The Morgan fingerprint density at radius 3 is 2.56 bits per heavy atom. The number of carboxylic acid groups (broad SMARTS) is 1. The van der Waals surface area contributed by atoms with E-state index < -0.39 is 5.97 Å². The van der Waals surface area contributed by atoms with Crippen molar-refractivity contribution in [2.45, 2.75) is 35.2 Å². The van der Waals surface area contributed by atoms with E-state index in [1.807, 2.05) is 11.8 Å². The van der Waals surface area contributed by atoms with Crippen molar-refractivity contribution in [2.75, 3.05) is 26.2 Å². The maximum atomic E-state index is 11.1. The maximum Gasteiger partial charge on any atom is 0.306 e. The smallest absolute Gasteiger partial charge is 0.306 e. The molecule has 0 amide bonds. The second kappa shape index (κ2) is 8.46. The van der Waals surface area contributed by atoms with E-state index in [0.29, 0.717) is 6.61 Å². The number of hydrogen-bond acceptors (Lipinski definition) is 4. The topological polar surface area (TPSA) is 49.8 Å². The van der Waals surface area contributed by atoms with Crippen molar-refractivity contribution in [2.24, 2.45) is 5.92 Å². The third-order valence-corrected chi connectivity index (χ3v) is 6.74. The number of nitrogens with zero attached hydrogens (tertiary/aromatic N) is 1. The lowest BCUT2D eigenvalue weighted by molar-refractivity contribution is -0.143. The predicted octanol–water partition coefficient (Wildman–Crippen LogP) is 4.25. The molecule has 27 heavy (non-hydrogen) atoms. The molecule has 4 nitrogen and oxygen atoms in total. The number of aliphatic carboxylic acids is 1. The highest BCUT2D eigenvalue weighted by atomic mass is 32.2. The van der Waals surface area contributed by atoms with E-state index in [4.69, 9.17) is 9.84 Å². The van der Waals surface area contributed by atoms with Crippen molar-refractivity contribution in [3.8, 4) is 0 Å². The second-order valence-corrected chi connectivity index (χ2v) is 8.35. The number of likely N-dealkylation sites (tertiary alicyclic amines) is 1. The van der Waals surface area contributed by atoms with Crippen LogP contribution in [0.2, 0.25) is 0 Å². The van der Waals surface area contributed by atoms with Crippen LogP contribution in [0.5, 0.6) is 0 Å². The molecule has 1 fully saturated rings. The molecule has 5 heteroatoms. The highest BCUT2D eigenvalue weighted by Crippen LogP contribution is 2.41. The van der Waals surface area contributed by atoms with Gasteiger partial charge >= 0.3 is 5.97 Å². The summed E-state index contributed by atoms with van der Waals surface area (Å²) in [6.45, 7) is 3.23. The van der Waals surface area contributed by atoms with Crippen LogP contribution in [0.4, 0.5) is 0 Å². The summed E-state index contributed by atoms with van der Waals surface area (Å²) < 4.78 is 6.35. The Morgan fingerprint density at radius 2 is 1.78 bits per heavy atom. The molecule has 2 aromatic rings. The van der Waals surface area contributed by atoms with Crippen LogP contribution in [0.15, 0.2) is 58.3 Å². The molecule has 1 N–H and O–H groups in total. The molecule has 2 aliphatic rings. The van der Waals surface area contributed by atoms with Gasteiger partial charge < -0.3 is 14.7 Å².